The summed E-state index contributed by atoms with van der Waals surface area (Å²) in [5, 5.41) is 5.19. The fourth-order valence-corrected chi connectivity index (χ4v) is 3.60. The van der Waals surface area contributed by atoms with Gasteiger partial charge in [0.15, 0.2) is 0 Å². The van der Waals surface area contributed by atoms with Crippen molar-refractivity contribution in [3.63, 3.8) is 0 Å². The van der Waals surface area contributed by atoms with Crippen LogP contribution in [0.5, 0.6) is 0 Å². The number of hydrogen-bond donors (Lipinski definition) is 0. The Labute approximate surface area is 126 Å². The first kappa shape index (κ1) is 12.1. The van der Waals surface area contributed by atoms with Crippen LogP contribution in [0.4, 0.5) is 0 Å². The van der Waals surface area contributed by atoms with Crippen LogP contribution in [0.2, 0.25) is 0 Å². The quantitative estimate of drug-likeness (QED) is 0.539. The van der Waals surface area contributed by atoms with E-state index >= 15 is 0 Å². The van der Waals surface area contributed by atoms with E-state index in [1.54, 1.807) is 10.8 Å². The van der Waals surface area contributed by atoms with Crippen LogP contribution in [0.1, 0.15) is 43.0 Å². The number of furan rings is 1. The Kier molecular flexibility index (Phi) is 2.21. The molecule has 0 bridgehead atoms. The average molecular weight is 293 g/mol. The Morgan fingerprint density at radius 3 is 2.91 bits per heavy atom. The molecule has 4 heterocycles. The van der Waals surface area contributed by atoms with Crippen LogP contribution in [-0.2, 0) is 12.8 Å². The van der Waals surface area contributed by atoms with Crippen molar-refractivity contribution in [3.05, 3.63) is 29.5 Å². The van der Waals surface area contributed by atoms with Crippen LogP contribution in [-0.4, -0.2) is 24.6 Å². The first-order chi connectivity index (χ1) is 10.7. The van der Waals surface area contributed by atoms with E-state index in [1.807, 2.05) is 0 Å². The van der Waals surface area contributed by atoms with E-state index in [4.69, 9.17) is 9.40 Å². The summed E-state index contributed by atoms with van der Waals surface area (Å²) in [4.78, 5) is 13.6. The molecule has 0 amide bonds. The minimum atomic E-state index is 0.394. The minimum Gasteiger partial charge on any atom is -0.432 e. The van der Waals surface area contributed by atoms with Gasteiger partial charge in [-0.15, -0.1) is 0 Å². The lowest BCUT2D eigenvalue weighted by Crippen LogP contribution is -2.00. The summed E-state index contributed by atoms with van der Waals surface area (Å²) in [5.41, 5.74) is 6.84. The van der Waals surface area contributed by atoms with Crippen molar-refractivity contribution in [1.29, 1.82) is 0 Å². The van der Waals surface area contributed by atoms with Crippen molar-refractivity contribution < 1.29 is 4.42 Å². The van der Waals surface area contributed by atoms with Gasteiger partial charge < -0.3 is 4.42 Å². The maximum absolute atomic E-state index is 6.04. The van der Waals surface area contributed by atoms with Gasteiger partial charge in [0.1, 0.15) is 18.2 Å². The van der Waals surface area contributed by atoms with Crippen molar-refractivity contribution in [3.8, 4) is 0 Å². The highest BCUT2D eigenvalue weighted by molar-refractivity contribution is 6.07. The molecule has 0 aliphatic heterocycles. The summed E-state index contributed by atoms with van der Waals surface area (Å²) in [7, 11) is 0. The third-order valence-electron chi connectivity index (χ3n) is 4.53. The molecule has 6 nitrogen and oxygen atoms in total. The van der Waals surface area contributed by atoms with E-state index < -0.39 is 0 Å². The maximum Gasteiger partial charge on any atom is 0.229 e. The molecule has 0 radical (unpaired) electrons. The molecular formula is C16H15N5O. The summed E-state index contributed by atoms with van der Waals surface area (Å²) in [6, 6.07) is 0. The first-order valence-electron chi connectivity index (χ1n) is 7.66. The average Bonchev–Trinajstić information content (AvgIpc) is 3.21. The molecule has 0 unspecified atom stereocenters. The van der Waals surface area contributed by atoms with Crippen LogP contribution >= 0.6 is 0 Å². The van der Waals surface area contributed by atoms with Gasteiger partial charge in [-0.3, -0.25) is 0 Å². The highest BCUT2D eigenvalue weighted by atomic mass is 16.3. The lowest BCUT2D eigenvalue weighted by Gasteiger charge is -2.10. The van der Waals surface area contributed by atoms with E-state index in [0.717, 1.165) is 29.4 Å². The number of aromatic nitrogens is 5. The van der Waals surface area contributed by atoms with Crippen LogP contribution in [0.15, 0.2) is 17.1 Å². The van der Waals surface area contributed by atoms with Crippen molar-refractivity contribution in [2.75, 3.05) is 0 Å². The second kappa shape index (κ2) is 4.03. The van der Waals surface area contributed by atoms with Crippen LogP contribution < -0.4 is 0 Å². The van der Waals surface area contributed by atoms with Crippen molar-refractivity contribution in [1.82, 2.24) is 24.6 Å². The molecule has 4 aromatic heterocycles. The second-order valence-corrected chi connectivity index (χ2v) is 6.20. The third kappa shape index (κ3) is 1.39. The fourth-order valence-electron chi connectivity index (χ4n) is 3.60. The SMILES string of the molecule is CC(C)c1nc2oc3c(ncn4ncnc34)c2c2c1CCC2. The number of nitrogens with zero attached hydrogens (tertiary/aromatic N) is 5. The normalized spacial score (nSPS) is 14.7. The van der Waals surface area contributed by atoms with Crippen molar-refractivity contribution in [2.45, 2.75) is 39.0 Å². The second-order valence-electron chi connectivity index (χ2n) is 6.20. The molecule has 1 aliphatic rings. The summed E-state index contributed by atoms with van der Waals surface area (Å²) < 4.78 is 7.68. The summed E-state index contributed by atoms with van der Waals surface area (Å²) in [6.45, 7) is 4.37. The molecule has 0 saturated carbocycles. The van der Waals surface area contributed by atoms with Gasteiger partial charge in [0.05, 0.1) is 11.1 Å². The van der Waals surface area contributed by atoms with Gasteiger partial charge in [-0.2, -0.15) is 9.61 Å². The van der Waals surface area contributed by atoms with Gasteiger partial charge in [-0.05, 0) is 36.3 Å². The monoisotopic (exact) mass is 293 g/mol. The lowest BCUT2D eigenvalue weighted by atomic mass is 9.99. The Morgan fingerprint density at radius 1 is 1.18 bits per heavy atom. The van der Waals surface area contributed by atoms with Crippen molar-refractivity contribution >= 4 is 27.8 Å². The molecule has 0 N–H and O–H groups in total. The first-order valence-corrected chi connectivity index (χ1v) is 7.66. The molecule has 6 heteroatoms. The van der Waals surface area contributed by atoms with Crippen molar-refractivity contribution in [2.24, 2.45) is 0 Å². The minimum absolute atomic E-state index is 0.394. The highest BCUT2D eigenvalue weighted by Crippen LogP contribution is 2.38. The Morgan fingerprint density at radius 2 is 2.05 bits per heavy atom. The maximum atomic E-state index is 6.04. The predicted octanol–water partition coefficient (Wildman–Crippen LogP) is 3.03. The number of pyridine rings is 1. The molecule has 0 aromatic carbocycles. The zero-order chi connectivity index (χ0) is 14.8. The topological polar surface area (TPSA) is 69.1 Å². The van der Waals surface area contributed by atoms with Gasteiger partial charge in [0.2, 0.25) is 16.9 Å². The standard InChI is InChI=1S/C16H15N5O/c1-8(2)12-10-5-3-4-9(10)11-13-14(22-16(11)20-12)15-17-6-19-21(15)7-18-13/h6-8H,3-5H2,1-2H3. The number of hydrogen-bond acceptors (Lipinski definition) is 5. The van der Waals surface area contributed by atoms with Gasteiger partial charge in [-0.25, -0.2) is 15.0 Å². The summed E-state index contributed by atoms with van der Waals surface area (Å²) >= 11 is 0. The van der Waals surface area contributed by atoms with E-state index in [0.29, 0.717) is 22.9 Å². The predicted molar refractivity (Wildman–Crippen MR) is 82.0 cm³/mol. The molecule has 0 spiro atoms. The van der Waals surface area contributed by atoms with Gasteiger partial charge >= 0.3 is 0 Å². The molecule has 110 valence electrons. The van der Waals surface area contributed by atoms with Crippen LogP contribution in [0.25, 0.3) is 27.8 Å². The number of aryl methyl sites for hydroxylation is 1. The van der Waals surface area contributed by atoms with E-state index in [2.05, 4.69) is 28.9 Å². The fraction of sp³-hybridized carbons (Fsp3) is 0.375. The van der Waals surface area contributed by atoms with E-state index in [-0.39, 0.29) is 0 Å². The molecule has 1 aliphatic carbocycles. The number of rotatable bonds is 1. The van der Waals surface area contributed by atoms with Gasteiger partial charge in [-0.1, -0.05) is 13.8 Å². The molecule has 4 aromatic rings. The van der Waals surface area contributed by atoms with Crippen LogP contribution in [0, 0.1) is 0 Å². The van der Waals surface area contributed by atoms with Gasteiger partial charge in [0.25, 0.3) is 0 Å². The molecule has 0 atom stereocenters. The molecule has 22 heavy (non-hydrogen) atoms. The summed E-state index contributed by atoms with van der Waals surface area (Å²) in [5.74, 6) is 0.394. The third-order valence-corrected chi connectivity index (χ3v) is 4.53. The Bertz CT molecular complexity index is 1040. The number of fused-ring (bicyclic) bond motifs is 7. The smallest absolute Gasteiger partial charge is 0.229 e. The molecular weight excluding hydrogens is 278 g/mol. The Balaban J connectivity index is 2.00. The van der Waals surface area contributed by atoms with Gasteiger partial charge in [0, 0.05) is 0 Å². The largest absolute Gasteiger partial charge is 0.432 e. The molecule has 5 rings (SSSR count). The molecule has 0 saturated heterocycles. The molecule has 0 fully saturated rings. The van der Waals surface area contributed by atoms with E-state index in [1.165, 1.54) is 23.9 Å². The zero-order valence-electron chi connectivity index (χ0n) is 12.5. The van der Waals surface area contributed by atoms with Crippen LogP contribution in [0.3, 0.4) is 0 Å². The van der Waals surface area contributed by atoms with E-state index in [9.17, 15) is 0 Å². The summed E-state index contributed by atoms with van der Waals surface area (Å²) in [6.07, 6.45) is 6.56. The highest BCUT2D eigenvalue weighted by Gasteiger charge is 2.26. The lowest BCUT2D eigenvalue weighted by molar-refractivity contribution is 0.645. The Hall–Kier alpha value is -2.50. The zero-order valence-corrected chi connectivity index (χ0v) is 12.5.